The van der Waals surface area contributed by atoms with E-state index in [1.807, 2.05) is 0 Å². The standard InChI is InChI=1S/C7H6O3/c8-7(9)6-2-1-4-10-5-3-6/h1-5H,(H,8,9)/p-1. The Morgan fingerprint density at radius 3 is 3.00 bits per heavy atom. The molecule has 3 heteroatoms. The number of ether oxygens (including phenoxy) is 1. The molecule has 0 N–H and O–H groups in total. The Bertz CT molecular complexity index is 223. The van der Waals surface area contributed by atoms with E-state index in [4.69, 9.17) is 0 Å². The number of carboxylic acids is 1. The zero-order valence-electron chi connectivity index (χ0n) is 5.11. The molecular formula is C7H5O3-. The van der Waals surface area contributed by atoms with Gasteiger partial charge in [0.2, 0.25) is 0 Å². The Morgan fingerprint density at radius 1 is 1.50 bits per heavy atom. The van der Waals surface area contributed by atoms with Crippen molar-refractivity contribution in [1.29, 1.82) is 0 Å². The fraction of sp³-hybridized carbons (Fsp3) is 0. The number of carbonyl (C=O) groups is 1. The Kier molecular flexibility index (Phi) is 1.89. The topological polar surface area (TPSA) is 49.4 Å². The van der Waals surface area contributed by atoms with Crippen LogP contribution in [-0.2, 0) is 9.53 Å². The molecular weight excluding hydrogens is 132 g/mol. The van der Waals surface area contributed by atoms with Gasteiger partial charge in [-0.15, -0.1) is 0 Å². The maximum absolute atomic E-state index is 10.2. The average Bonchev–Trinajstić information content (AvgIpc) is 2.12. The van der Waals surface area contributed by atoms with Crippen molar-refractivity contribution >= 4 is 5.97 Å². The highest BCUT2D eigenvalue weighted by molar-refractivity contribution is 5.88. The molecule has 0 radical (unpaired) electrons. The maximum atomic E-state index is 10.2. The van der Waals surface area contributed by atoms with Crippen LogP contribution in [0.4, 0.5) is 0 Å². The molecule has 0 aromatic heterocycles. The molecule has 1 rings (SSSR count). The monoisotopic (exact) mass is 137 g/mol. The van der Waals surface area contributed by atoms with E-state index in [0.29, 0.717) is 0 Å². The predicted molar refractivity (Wildman–Crippen MR) is 32.5 cm³/mol. The van der Waals surface area contributed by atoms with Gasteiger partial charge in [0, 0.05) is 5.57 Å². The molecule has 0 saturated carbocycles. The van der Waals surface area contributed by atoms with Crippen molar-refractivity contribution in [1.82, 2.24) is 0 Å². The second-order valence-electron chi connectivity index (χ2n) is 1.68. The highest BCUT2D eigenvalue weighted by atomic mass is 16.5. The molecule has 0 saturated heterocycles. The van der Waals surface area contributed by atoms with E-state index in [1.54, 1.807) is 0 Å². The van der Waals surface area contributed by atoms with Gasteiger partial charge in [0.25, 0.3) is 0 Å². The normalized spacial score (nSPS) is 15.4. The van der Waals surface area contributed by atoms with Gasteiger partial charge < -0.3 is 14.6 Å². The number of rotatable bonds is 1. The van der Waals surface area contributed by atoms with Crippen molar-refractivity contribution < 1.29 is 14.6 Å². The molecule has 10 heavy (non-hydrogen) atoms. The van der Waals surface area contributed by atoms with E-state index < -0.39 is 5.97 Å². The van der Waals surface area contributed by atoms with Crippen LogP contribution in [0.15, 0.2) is 36.3 Å². The first-order chi connectivity index (χ1) is 4.80. The average molecular weight is 137 g/mol. The Morgan fingerprint density at radius 2 is 2.30 bits per heavy atom. The smallest absolute Gasteiger partial charge is 0.0908 e. The molecule has 0 amide bonds. The summed E-state index contributed by atoms with van der Waals surface area (Å²) in [5, 5.41) is 10.2. The van der Waals surface area contributed by atoms with Crippen molar-refractivity contribution in [3.05, 3.63) is 36.3 Å². The summed E-state index contributed by atoms with van der Waals surface area (Å²) in [6.45, 7) is 0. The highest BCUT2D eigenvalue weighted by Gasteiger charge is 1.91. The minimum Gasteiger partial charge on any atom is -0.545 e. The van der Waals surface area contributed by atoms with Crippen LogP contribution in [0, 0.1) is 0 Å². The van der Waals surface area contributed by atoms with Gasteiger partial charge >= 0.3 is 0 Å². The van der Waals surface area contributed by atoms with Crippen LogP contribution in [0.3, 0.4) is 0 Å². The fourth-order valence-electron chi connectivity index (χ4n) is 0.538. The minimum absolute atomic E-state index is 0.105. The molecule has 1 aliphatic rings. The number of allylic oxidation sites excluding steroid dienone is 2. The van der Waals surface area contributed by atoms with Gasteiger partial charge in [-0.25, -0.2) is 0 Å². The summed E-state index contributed by atoms with van der Waals surface area (Å²) in [6, 6.07) is 0. The van der Waals surface area contributed by atoms with Gasteiger partial charge in [-0.2, -0.15) is 0 Å². The summed E-state index contributed by atoms with van der Waals surface area (Å²) in [5.74, 6) is -1.20. The second kappa shape index (κ2) is 2.87. The second-order valence-corrected chi connectivity index (χ2v) is 1.68. The van der Waals surface area contributed by atoms with Gasteiger partial charge in [0.1, 0.15) is 0 Å². The van der Waals surface area contributed by atoms with Crippen LogP contribution in [0.25, 0.3) is 0 Å². The number of carboxylic acid groups (broad SMARTS) is 1. The van der Waals surface area contributed by atoms with Crippen molar-refractivity contribution in [3.8, 4) is 0 Å². The van der Waals surface area contributed by atoms with E-state index in [0.717, 1.165) is 0 Å². The SMILES string of the molecule is O=C([O-])C1=CC=COC=C1. The summed E-state index contributed by atoms with van der Waals surface area (Å²) in [5.41, 5.74) is 0.105. The molecule has 3 nitrogen and oxygen atoms in total. The van der Waals surface area contributed by atoms with Crippen LogP contribution in [-0.4, -0.2) is 5.97 Å². The first kappa shape index (κ1) is 6.61. The lowest BCUT2D eigenvalue weighted by atomic mass is 10.2. The van der Waals surface area contributed by atoms with Crippen molar-refractivity contribution in [2.24, 2.45) is 0 Å². The van der Waals surface area contributed by atoms with E-state index >= 15 is 0 Å². The Labute approximate surface area is 57.9 Å². The Balaban J connectivity index is 2.83. The molecule has 1 heterocycles. The maximum Gasteiger partial charge on any atom is 0.0908 e. The number of hydrogen-bond donors (Lipinski definition) is 0. The van der Waals surface area contributed by atoms with E-state index in [-0.39, 0.29) is 5.57 Å². The summed E-state index contributed by atoms with van der Waals surface area (Å²) in [4.78, 5) is 10.2. The quantitative estimate of drug-likeness (QED) is 0.499. The zero-order chi connectivity index (χ0) is 7.40. The third-order valence-electron chi connectivity index (χ3n) is 0.995. The number of hydrogen-bond acceptors (Lipinski definition) is 3. The lowest BCUT2D eigenvalue weighted by molar-refractivity contribution is -0.298. The van der Waals surface area contributed by atoms with Crippen LogP contribution < -0.4 is 5.11 Å². The summed E-state index contributed by atoms with van der Waals surface area (Å²) < 4.78 is 4.67. The first-order valence-corrected chi connectivity index (χ1v) is 2.71. The molecule has 0 bridgehead atoms. The molecule has 0 fully saturated rings. The third kappa shape index (κ3) is 1.48. The fourth-order valence-corrected chi connectivity index (χ4v) is 0.538. The van der Waals surface area contributed by atoms with E-state index in [1.165, 1.54) is 30.8 Å². The minimum atomic E-state index is -1.20. The molecule has 0 aromatic carbocycles. The lowest BCUT2D eigenvalue weighted by Gasteiger charge is -1.98. The zero-order valence-corrected chi connectivity index (χ0v) is 5.11. The summed E-state index contributed by atoms with van der Waals surface area (Å²) >= 11 is 0. The number of aliphatic carboxylic acids is 1. The molecule has 52 valence electrons. The molecule has 0 atom stereocenters. The highest BCUT2D eigenvalue weighted by Crippen LogP contribution is 2.00. The van der Waals surface area contributed by atoms with Crippen LogP contribution in [0.5, 0.6) is 0 Å². The molecule has 0 spiro atoms. The van der Waals surface area contributed by atoms with E-state index in [9.17, 15) is 9.90 Å². The van der Waals surface area contributed by atoms with Crippen molar-refractivity contribution in [2.45, 2.75) is 0 Å². The molecule has 0 aromatic rings. The van der Waals surface area contributed by atoms with Crippen molar-refractivity contribution in [3.63, 3.8) is 0 Å². The van der Waals surface area contributed by atoms with E-state index in [2.05, 4.69) is 4.74 Å². The van der Waals surface area contributed by atoms with Gasteiger partial charge in [0.05, 0.1) is 18.5 Å². The number of carbonyl (C=O) groups excluding carboxylic acids is 1. The predicted octanol–water partition coefficient (Wildman–Crippen LogP) is -0.280. The molecule has 0 unspecified atom stereocenters. The summed E-state index contributed by atoms with van der Waals surface area (Å²) in [6.07, 6.45) is 6.89. The Hall–Kier alpha value is -1.51. The lowest BCUT2D eigenvalue weighted by Crippen LogP contribution is -2.23. The largest absolute Gasteiger partial charge is 0.545 e. The van der Waals surface area contributed by atoms with Gasteiger partial charge in [-0.1, -0.05) is 0 Å². The van der Waals surface area contributed by atoms with Gasteiger partial charge in [0.15, 0.2) is 0 Å². The molecule has 1 aliphatic heterocycles. The molecule has 0 aliphatic carbocycles. The first-order valence-electron chi connectivity index (χ1n) is 2.71. The van der Waals surface area contributed by atoms with Gasteiger partial charge in [-0.3, -0.25) is 0 Å². The van der Waals surface area contributed by atoms with Crippen LogP contribution in [0.2, 0.25) is 0 Å². The van der Waals surface area contributed by atoms with Crippen LogP contribution in [0.1, 0.15) is 0 Å². The van der Waals surface area contributed by atoms with Gasteiger partial charge in [-0.05, 0) is 18.2 Å². The summed E-state index contributed by atoms with van der Waals surface area (Å²) in [7, 11) is 0. The van der Waals surface area contributed by atoms with Crippen LogP contribution >= 0.6 is 0 Å². The van der Waals surface area contributed by atoms with Crippen molar-refractivity contribution in [2.75, 3.05) is 0 Å². The third-order valence-corrected chi connectivity index (χ3v) is 0.995.